The number of amides is 2. The first-order valence-electron chi connectivity index (χ1n) is 7.04. The Labute approximate surface area is 128 Å². The molecule has 2 amide bonds. The van der Waals surface area contributed by atoms with Crippen LogP contribution >= 0.6 is 0 Å². The molecule has 3 aromatic rings. The summed E-state index contributed by atoms with van der Waals surface area (Å²) in [5.41, 5.74) is 4.02. The lowest BCUT2D eigenvalue weighted by Crippen LogP contribution is -2.29. The molecular formula is C17H16N4O. The summed E-state index contributed by atoms with van der Waals surface area (Å²) in [6.45, 7) is 2.23. The average molecular weight is 292 g/mol. The number of nitrogens with zero attached hydrogens (tertiary/aromatic N) is 2. The molecule has 1 aromatic heterocycles. The molecule has 0 saturated heterocycles. The van der Waals surface area contributed by atoms with Crippen LogP contribution in [0.15, 0.2) is 54.6 Å². The Morgan fingerprint density at radius 3 is 2.32 bits per heavy atom. The van der Waals surface area contributed by atoms with Gasteiger partial charge in [-0.15, -0.1) is 0 Å². The van der Waals surface area contributed by atoms with E-state index in [1.54, 1.807) is 0 Å². The Hall–Kier alpha value is -2.95. The molecule has 2 aromatic carbocycles. The number of carbonyl (C=O) groups is 1. The molecule has 110 valence electrons. The molecule has 0 aliphatic carbocycles. The molecule has 3 rings (SSSR count). The first-order valence-corrected chi connectivity index (χ1v) is 7.04. The van der Waals surface area contributed by atoms with E-state index in [-0.39, 0.29) is 6.03 Å². The second-order valence-electron chi connectivity index (χ2n) is 4.92. The van der Waals surface area contributed by atoms with Gasteiger partial charge in [-0.3, -0.25) is 0 Å². The maximum atomic E-state index is 11.9. The highest BCUT2D eigenvalue weighted by molar-refractivity contribution is 5.89. The quantitative estimate of drug-likeness (QED) is 0.778. The van der Waals surface area contributed by atoms with E-state index in [2.05, 4.69) is 20.6 Å². The monoisotopic (exact) mass is 292 g/mol. The summed E-state index contributed by atoms with van der Waals surface area (Å²) >= 11 is 0. The maximum Gasteiger partial charge on any atom is 0.319 e. The van der Waals surface area contributed by atoms with E-state index in [0.717, 1.165) is 28.1 Å². The summed E-state index contributed by atoms with van der Waals surface area (Å²) in [6.07, 6.45) is 0. The van der Waals surface area contributed by atoms with E-state index >= 15 is 0 Å². The number of benzene rings is 2. The molecule has 0 spiro atoms. The van der Waals surface area contributed by atoms with Crippen molar-refractivity contribution in [3.63, 3.8) is 0 Å². The Bertz CT molecular complexity index is 802. The van der Waals surface area contributed by atoms with E-state index in [4.69, 9.17) is 0 Å². The highest BCUT2D eigenvalue weighted by Gasteiger charge is 2.07. The zero-order chi connectivity index (χ0) is 15.4. The van der Waals surface area contributed by atoms with Crippen LogP contribution in [0.4, 0.5) is 10.5 Å². The Kier molecular flexibility index (Phi) is 3.96. The Morgan fingerprint density at radius 1 is 0.955 bits per heavy atom. The predicted molar refractivity (Wildman–Crippen MR) is 86.6 cm³/mol. The smallest absolute Gasteiger partial charge is 0.319 e. The lowest BCUT2D eigenvalue weighted by molar-refractivity contribution is 0.251. The van der Waals surface area contributed by atoms with Gasteiger partial charge in [0.15, 0.2) is 0 Å². The van der Waals surface area contributed by atoms with Gasteiger partial charge in [0.2, 0.25) is 0 Å². The number of hydrogen-bond donors (Lipinski definition) is 2. The van der Waals surface area contributed by atoms with Crippen LogP contribution in [0.5, 0.6) is 0 Å². The molecule has 0 fully saturated rings. The van der Waals surface area contributed by atoms with Gasteiger partial charge in [-0.05, 0) is 31.2 Å². The zero-order valence-electron chi connectivity index (χ0n) is 12.2. The van der Waals surface area contributed by atoms with Gasteiger partial charge in [-0.25, -0.2) is 14.8 Å². The third kappa shape index (κ3) is 3.20. The topological polar surface area (TPSA) is 66.9 Å². The zero-order valence-corrected chi connectivity index (χ0v) is 12.2. The number of hydrogen-bond acceptors (Lipinski definition) is 3. The van der Waals surface area contributed by atoms with Crippen LogP contribution in [0.1, 0.15) is 11.4 Å². The Morgan fingerprint density at radius 2 is 1.59 bits per heavy atom. The minimum Gasteiger partial charge on any atom is -0.332 e. The van der Waals surface area contributed by atoms with Crippen LogP contribution in [0.3, 0.4) is 0 Å². The first kappa shape index (κ1) is 14.0. The van der Waals surface area contributed by atoms with Crippen molar-refractivity contribution in [2.45, 2.75) is 13.5 Å². The van der Waals surface area contributed by atoms with E-state index in [0.29, 0.717) is 6.54 Å². The molecule has 5 heteroatoms. The molecule has 0 saturated carbocycles. The van der Waals surface area contributed by atoms with Crippen molar-refractivity contribution in [2.24, 2.45) is 0 Å². The van der Waals surface area contributed by atoms with Crippen LogP contribution in [0.25, 0.3) is 11.0 Å². The number of urea groups is 1. The van der Waals surface area contributed by atoms with E-state index < -0.39 is 0 Å². The number of para-hydroxylation sites is 3. The van der Waals surface area contributed by atoms with Crippen LogP contribution in [-0.4, -0.2) is 16.0 Å². The van der Waals surface area contributed by atoms with Crippen LogP contribution in [-0.2, 0) is 6.54 Å². The van der Waals surface area contributed by atoms with Gasteiger partial charge in [0.1, 0.15) is 0 Å². The normalized spacial score (nSPS) is 10.4. The van der Waals surface area contributed by atoms with Gasteiger partial charge in [0.05, 0.1) is 29.0 Å². The van der Waals surface area contributed by atoms with Crippen molar-refractivity contribution < 1.29 is 4.79 Å². The number of aryl methyl sites for hydroxylation is 1. The molecule has 0 bridgehead atoms. The molecule has 0 radical (unpaired) electrons. The summed E-state index contributed by atoms with van der Waals surface area (Å²) in [6, 6.07) is 16.7. The molecule has 0 aliphatic heterocycles. The second kappa shape index (κ2) is 6.22. The van der Waals surface area contributed by atoms with Crippen molar-refractivity contribution in [3.8, 4) is 0 Å². The molecule has 1 heterocycles. The van der Waals surface area contributed by atoms with E-state index in [1.807, 2.05) is 61.5 Å². The molecule has 0 aliphatic rings. The predicted octanol–water partition coefficient (Wildman–Crippen LogP) is 3.26. The van der Waals surface area contributed by atoms with Gasteiger partial charge < -0.3 is 10.6 Å². The highest BCUT2D eigenvalue weighted by atomic mass is 16.2. The molecular weight excluding hydrogens is 276 g/mol. The summed E-state index contributed by atoms with van der Waals surface area (Å²) < 4.78 is 0. The fourth-order valence-corrected chi connectivity index (χ4v) is 2.15. The van der Waals surface area contributed by atoms with E-state index in [1.165, 1.54) is 0 Å². The fraction of sp³-hybridized carbons (Fsp3) is 0.118. The van der Waals surface area contributed by atoms with Crippen molar-refractivity contribution in [1.29, 1.82) is 0 Å². The lowest BCUT2D eigenvalue weighted by atomic mass is 10.2. The highest BCUT2D eigenvalue weighted by Crippen LogP contribution is 2.12. The maximum absolute atomic E-state index is 11.9. The third-order valence-electron chi connectivity index (χ3n) is 3.29. The number of rotatable bonds is 3. The second-order valence-corrected chi connectivity index (χ2v) is 4.92. The number of carbonyl (C=O) groups excluding carboxylic acids is 1. The van der Waals surface area contributed by atoms with Crippen LogP contribution in [0, 0.1) is 6.92 Å². The summed E-state index contributed by atoms with van der Waals surface area (Å²) in [4.78, 5) is 20.9. The van der Waals surface area contributed by atoms with Gasteiger partial charge in [-0.1, -0.05) is 30.3 Å². The van der Waals surface area contributed by atoms with E-state index in [9.17, 15) is 4.79 Å². The van der Waals surface area contributed by atoms with Crippen molar-refractivity contribution in [3.05, 3.63) is 66.0 Å². The van der Waals surface area contributed by atoms with Crippen LogP contribution < -0.4 is 10.6 Å². The van der Waals surface area contributed by atoms with Crippen molar-refractivity contribution in [1.82, 2.24) is 15.3 Å². The fourth-order valence-electron chi connectivity index (χ4n) is 2.15. The standard InChI is InChI=1S/C17H16N4O/c1-12-16(21-15-10-6-5-9-14(15)19-12)11-18-17(22)20-13-7-3-2-4-8-13/h2-10H,11H2,1H3,(H2,18,20,22). The van der Waals surface area contributed by atoms with Gasteiger partial charge >= 0.3 is 6.03 Å². The lowest BCUT2D eigenvalue weighted by Gasteiger charge is -2.09. The number of nitrogens with one attached hydrogen (secondary N) is 2. The minimum absolute atomic E-state index is 0.263. The molecule has 0 unspecified atom stereocenters. The summed E-state index contributed by atoms with van der Waals surface area (Å²) in [7, 11) is 0. The first-order chi connectivity index (χ1) is 10.7. The van der Waals surface area contributed by atoms with Crippen molar-refractivity contribution >= 4 is 22.8 Å². The molecule has 2 N–H and O–H groups in total. The molecule has 22 heavy (non-hydrogen) atoms. The van der Waals surface area contributed by atoms with Gasteiger partial charge in [0.25, 0.3) is 0 Å². The third-order valence-corrected chi connectivity index (χ3v) is 3.29. The van der Waals surface area contributed by atoms with Gasteiger partial charge in [0, 0.05) is 5.69 Å². The summed E-state index contributed by atoms with van der Waals surface area (Å²) in [5.74, 6) is 0. The number of fused-ring (bicyclic) bond motifs is 1. The average Bonchev–Trinajstić information content (AvgIpc) is 2.54. The Balaban J connectivity index is 1.68. The largest absolute Gasteiger partial charge is 0.332 e. The molecule has 0 atom stereocenters. The van der Waals surface area contributed by atoms with Crippen LogP contribution in [0.2, 0.25) is 0 Å². The minimum atomic E-state index is -0.263. The molecule has 5 nitrogen and oxygen atoms in total. The number of aromatic nitrogens is 2. The SMILES string of the molecule is Cc1nc2ccccc2nc1CNC(=O)Nc1ccccc1. The number of anilines is 1. The summed E-state index contributed by atoms with van der Waals surface area (Å²) in [5, 5.41) is 5.57. The van der Waals surface area contributed by atoms with Crippen molar-refractivity contribution in [2.75, 3.05) is 5.32 Å². The van der Waals surface area contributed by atoms with Gasteiger partial charge in [-0.2, -0.15) is 0 Å².